The number of amides is 1. The molecule has 0 aliphatic rings. The van der Waals surface area contributed by atoms with Gasteiger partial charge in [-0.1, -0.05) is 11.6 Å². The van der Waals surface area contributed by atoms with E-state index < -0.39 is 18.0 Å². The van der Waals surface area contributed by atoms with E-state index in [9.17, 15) is 18.0 Å². The van der Waals surface area contributed by atoms with E-state index in [0.29, 0.717) is 16.3 Å². The maximum atomic E-state index is 12.5. The van der Waals surface area contributed by atoms with Gasteiger partial charge in [-0.3, -0.25) is 4.79 Å². The molecule has 0 spiro atoms. The number of rotatable bonds is 4. The maximum Gasteiger partial charge on any atom is 0.573 e. The first-order valence-electron chi connectivity index (χ1n) is 7.71. The fourth-order valence-electron chi connectivity index (χ4n) is 2.53. The van der Waals surface area contributed by atoms with Crippen LogP contribution in [0.5, 0.6) is 5.75 Å². The highest BCUT2D eigenvalue weighted by Crippen LogP contribution is 2.32. The van der Waals surface area contributed by atoms with Crippen LogP contribution in [0, 0.1) is 0 Å². The second-order valence-corrected chi connectivity index (χ2v) is 6.15. The number of aryl methyl sites for hydroxylation is 1. The predicted octanol–water partition coefficient (Wildman–Crippen LogP) is 3.38. The molecule has 11 heteroatoms. The molecule has 1 amide bonds. The molecule has 4 N–H and O–H groups in total. The summed E-state index contributed by atoms with van der Waals surface area (Å²) >= 11 is 6.00. The van der Waals surface area contributed by atoms with Gasteiger partial charge >= 0.3 is 6.36 Å². The van der Waals surface area contributed by atoms with Crippen LogP contribution >= 0.6 is 11.6 Å². The second-order valence-electron chi connectivity index (χ2n) is 5.74. The van der Waals surface area contributed by atoms with Gasteiger partial charge in [-0.2, -0.15) is 5.10 Å². The van der Waals surface area contributed by atoms with Crippen molar-refractivity contribution in [3.05, 3.63) is 47.0 Å². The van der Waals surface area contributed by atoms with Gasteiger partial charge in [-0.25, -0.2) is 9.67 Å². The monoisotopic (exact) mass is 411 g/mol. The zero-order chi connectivity index (χ0) is 20.6. The van der Waals surface area contributed by atoms with Gasteiger partial charge in [0.2, 0.25) is 5.91 Å². The molecular formula is C17H13ClF3N5O2. The minimum Gasteiger partial charge on any atom is -0.406 e. The quantitative estimate of drug-likeness (QED) is 0.639. The lowest BCUT2D eigenvalue weighted by Gasteiger charge is -2.12. The minimum absolute atomic E-state index is 0.0353. The van der Waals surface area contributed by atoms with Crippen LogP contribution in [-0.4, -0.2) is 27.0 Å². The number of nitrogen functional groups attached to an aromatic ring is 1. The molecule has 0 radical (unpaired) electrons. The van der Waals surface area contributed by atoms with Crippen LogP contribution in [0.2, 0.25) is 5.02 Å². The van der Waals surface area contributed by atoms with E-state index in [1.807, 2.05) is 0 Å². The van der Waals surface area contributed by atoms with Gasteiger partial charge in [0.15, 0.2) is 11.6 Å². The predicted molar refractivity (Wildman–Crippen MR) is 96.5 cm³/mol. The molecule has 3 rings (SSSR count). The first-order valence-corrected chi connectivity index (χ1v) is 8.09. The third-order valence-corrected chi connectivity index (χ3v) is 4.08. The van der Waals surface area contributed by atoms with Crippen molar-refractivity contribution >= 4 is 23.2 Å². The van der Waals surface area contributed by atoms with Crippen molar-refractivity contribution in [1.29, 1.82) is 0 Å². The van der Waals surface area contributed by atoms with E-state index in [1.54, 1.807) is 18.2 Å². The van der Waals surface area contributed by atoms with Gasteiger partial charge < -0.3 is 16.2 Å². The van der Waals surface area contributed by atoms with E-state index in [-0.39, 0.29) is 22.8 Å². The molecule has 1 aromatic heterocycles. The first-order chi connectivity index (χ1) is 13.0. The van der Waals surface area contributed by atoms with Crippen LogP contribution in [0.1, 0.15) is 10.4 Å². The average Bonchev–Trinajstić information content (AvgIpc) is 2.97. The summed E-state index contributed by atoms with van der Waals surface area (Å²) in [6.07, 6.45) is -4.89. The number of benzene rings is 2. The Morgan fingerprint density at radius 3 is 2.54 bits per heavy atom. The number of anilines is 1. The molecular weight excluding hydrogens is 399 g/mol. The topological polar surface area (TPSA) is 109 Å². The third kappa shape index (κ3) is 4.01. The molecule has 0 atom stereocenters. The van der Waals surface area contributed by atoms with E-state index in [2.05, 4.69) is 14.8 Å². The van der Waals surface area contributed by atoms with Gasteiger partial charge in [-0.05, 0) is 36.4 Å². The number of primary amides is 1. The smallest absolute Gasteiger partial charge is 0.406 e. The van der Waals surface area contributed by atoms with Gasteiger partial charge in [0, 0.05) is 18.2 Å². The molecule has 0 saturated heterocycles. The minimum atomic E-state index is -4.89. The van der Waals surface area contributed by atoms with Crippen LogP contribution in [-0.2, 0) is 7.05 Å². The van der Waals surface area contributed by atoms with Gasteiger partial charge in [0.1, 0.15) is 5.75 Å². The molecule has 1 heterocycles. The fraction of sp³-hybridized carbons (Fsp3) is 0.118. The largest absolute Gasteiger partial charge is 0.573 e. The number of nitrogens with two attached hydrogens (primary N) is 2. The van der Waals surface area contributed by atoms with Crippen LogP contribution < -0.4 is 16.2 Å². The lowest BCUT2D eigenvalue weighted by Crippen LogP contribution is -2.18. The Morgan fingerprint density at radius 2 is 1.93 bits per heavy atom. The Morgan fingerprint density at radius 1 is 1.21 bits per heavy atom. The zero-order valence-electron chi connectivity index (χ0n) is 14.3. The summed E-state index contributed by atoms with van der Waals surface area (Å²) in [7, 11) is 1.52. The maximum absolute atomic E-state index is 12.5. The highest BCUT2D eigenvalue weighted by atomic mass is 35.5. The number of halogens is 4. The normalized spacial score (nSPS) is 11.5. The molecule has 0 saturated carbocycles. The van der Waals surface area contributed by atoms with Crippen molar-refractivity contribution in [3.63, 3.8) is 0 Å². The Balaban J connectivity index is 2.12. The Labute approximate surface area is 161 Å². The number of ether oxygens (including phenoxy) is 1. The molecule has 28 heavy (non-hydrogen) atoms. The number of aromatic nitrogens is 3. The van der Waals surface area contributed by atoms with Crippen molar-refractivity contribution in [3.8, 4) is 28.5 Å². The first kappa shape index (κ1) is 19.5. The van der Waals surface area contributed by atoms with Crippen molar-refractivity contribution in [2.75, 3.05) is 5.73 Å². The standard InChI is InChI=1S/C17H13ClF3N5O2/c1-26-16(24-15(25-26)8-2-5-13(22)12(18)6-8)11-7-9(28-17(19,20)21)3-4-10(11)14(23)27/h2-7H,22H2,1H3,(H2,23,27). The van der Waals surface area contributed by atoms with Crippen molar-refractivity contribution in [2.24, 2.45) is 12.8 Å². The molecule has 7 nitrogen and oxygen atoms in total. The van der Waals surface area contributed by atoms with Crippen molar-refractivity contribution in [1.82, 2.24) is 14.8 Å². The molecule has 0 bridgehead atoms. The van der Waals surface area contributed by atoms with Crippen LogP contribution in [0.15, 0.2) is 36.4 Å². The van der Waals surface area contributed by atoms with Crippen molar-refractivity contribution < 1.29 is 22.7 Å². The summed E-state index contributed by atoms with van der Waals surface area (Å²) in [5.74, 6) is -1.01. The van der Waals surface area contributed by atoms with E-state index in [4.69, 9.17) is 23.1 Å². The second kappa shape index (κ2) is 7.04. The summed E-state index contributed by atoms with van der Waals surface area (Å²) in [5, 5.41) is 4.52. The third-order valence-electron chi connectivity index (χ3n) is 3.75. The number of hydrogen-bond acceptors (Lipinski definition) is 5. The summed E-state index contributed by atoms with van der Waals surface area (Å²) in [4.78, 5) is 16.0. The lowest BCUT2D eigenvalue weighted by molar-refractivity contribution is -0.274. The number of alkyl halides is 3. The zero-order valence-corrected chi connectivity index (χ0v) is 15.0. The molecule has 0 aliphatic carbocycles. The SMILES string of the molecule is Cn1nc(-c2ccc(N)c(Cl)c2)nc1-c1cc(OC(F)(F)F)ccc1C(N)=O. The van der Waals surface area contributed by atoms with Gasteiger partial charge in [0.05, 0.1) is 16.3 Å². The molecule has 146 valence electrons. The highest BCUT2D eigenvalue weighted by molar-refractivity contribution is 6.33. The summed E-state index contributed by atoms with van der Waals surface area (Å²) in [6.45, 7) is 0. The molecule has 2 aromatic carbocycles. The summed E-state index contributed by atoms with van der Waals surface area (Å²) in [5.41, 5.74) is 11.9. The Bertz CT molecular complexity index is 1070. The molecule has 0 fully saturated rings. The number of carbonyl (C=O) groups excluding carboxylic acids is 1. The van der Waals surface area contributed by atoms with Crippen LogP contribution in [0.4, 0.5) is 18.9 Å². The molecule has 0 unspecified atom stereocenters. The van der Waals surface area contributed by atoms with Crippen LogP contribution in [0.25, 0.3) is 22.8 Å². The molecule has 3 aromatic rings. The van der Waals surface area contributed by atoms with E-state index >= 15 is 0 Å². The lowest BCUT2D eigenvalue weighted by atomic mass is 10.1. The van der Waals surface area contributed by atoms with E-state index in [0.717, 1.165) is 18.2 Å². The van der Waals surface area contributed by atoms with Crippen LogP contribution in [0.3, 0.4) is 0 Å². The fourth-order valence-corrected chi connectivity index (χ4v) is 2.71. The summed E-state index contributed by atoms with van der Waals surface area (Å²) < 4.78 is 42.8. The van der Waals surface area contributed by atoms with E-state index in [1.165, 1.54) is 11.7 Å². The molecule has 0 aliphatic heterocycles. The van der Waals surface area contributed by atoms with Crippen molar-refractivity contribution in [2.45, 2.75) is 6.36 Å². The average molecular weight is 412 g/mol. The Hall–Kier alpha value is -3.27. The van der Waals surface area contributed by atoms with Gasteiger partial charge in [-0.15, -0.1) is 13.2 Å². The summed E-state index contributed by atoms with van der Waals surface area (Å²) in [6, 6.07) is 7.91. The highest BCUT2D eigenvalue weighted by Gasteiger charge is 2.31. The number of hydrogen-bond donors (Lipinski definition) is 2. The number of nitrogens with zero attached hydrogens (tertiary/aromatic N) is 3. The number of carbonyl (C=O) groups is 1. The Kier molecular flexibility index (Phi) is 4.90. The van der Waals surface area contributed by atoms with Gasteiger partial charge in [0.25, 0.3) is 0 Å².